The summed E-state index contributed by atoms with van der Waals surface area (Å²) in [5, 5.41) is -0.353. The first kappa shape index (κ1) is 18.5. The summed E-state index contributed by atoms with van der Waals surface area (Å²) in [6.45, 7) is 2.70. The lowest BCUT2D eigenvalue weighted by molar-refractivity contribution is -0.133. The summed E-state index contributed by atoms with van der Waals surface area (Å²) in [4.78, 5) is 42.7. The third kappa shape index (κ3) is 3.23. The van der Waals surface area contributed by atoms with Crippen molar-refractivity contribution in [3.8, 4) is 0 Å². The molecule has 2 aliphatic rings. The Hall–Kier alpha value is -2.28. The third-order valence-electron chi connectivity index (χ3n) is 4.73. The van der Waals surface area contributed by atoms with Crippen molar-refractivity contribution in [2.75, 3.05) is 25.5 Å². The molecule has 0 aliphatic carbocycles. The van der Waals surface area contributed by atoms with Crippen LogP contribution in [0.15, 0.2) is 41.3 Å². The highest BCUT2D eigenvalue weighted by Crippen LogP contribution is 2.42. The zero-order valence-electron chi connectivity index (χ0n) is 15.2. The molecule has 2 aliphatic heterocycles. The number of carbonyl (C=O) groups excluding carboxylic acids is 3. The number of hydrogen-bond donors (Lipinski definition) is 0. The Labute approximate surface area is 157 Å². The fourth-order valence-corrected chi connectivity index (χ4v) is 4.48. The van der Waals surface area contributed by atoms with Crippen molar-refractivity contribution in [3.05, 3.63) is 41.3 Å². The minimum Gasteiger partial charge on any atom is -0.314 e. The summed E-state index contributed by atoms with van der Waals surface area (Å²) in [6.07, 6.45) is 3.60. The second-order valence-corrected chi connectivity index (χ2v) is 7.66. The second kappa shape index (κ2) is 7.53. The lowest BCUT2D eigenvalue weighted by Gasteiger charge is -2.37. The van der Waals surface area contributed by atoms with Crippen LogP contribution in [0.1, 0.15) is 19.8 Å². The van der Waals surface area contributed by atoms with Crippen LogP contribution in [0.3, 0.4) is 0 Å². The number of hydrogen-bond acceptors (Lipinski definition) is 4. The maximum atomic E-state index is 13.2. The molecule has 26 heavy (non-hydrogen) atoms. The van der Waals surface area contributed by atoms with Crippen LogP contribution in [0, 0.1) is 5.92 Å². The summed E-state index contributed by atoms with van der Waals surface area (Å²) >= 11 is 1.30. The van der Waals surface area contributed by atoms with Gasteiger partial charge in [0, 0.05) is 26.3 Å². The van der Waals surface area contributed by atoms with Crippen molar-refractivity contribution in [1.29, 1.82) is 0 Å². The number of unbranched alkanes of at least 4 members (excludes halogenated alkanes) is 1. The van der Waals surface area contributed by atoms with E-state index in [-0.39, 0.29) is 23.2 Å². The Balaban J connectivity index is 1.86. The maximum Gasteiger partial charge on any atom is 0.327 e. The molecule has 2 unspecified atom stereocenters. The summed E-state index contributed by atoms with van der Waals surface area (Å²) in [6, 6.07) is 9.21. The molecule has 2 heterocycles. The standard InChI is InChI=1S/C19H23N3O3S/c1-4-5-11-22(13-9-7-6-8-10-13)17(24)15-12-14-16(23)20(2)19(25)21(3)18(14)26-15/h6-10,12,14,18H,4-5,11H2,1-3H3. The zero-order chi connectivity index (χ0) is 18.8. The predicted molar refractivity (Wildman–Crippen MR) is 103 cm³/mol. The van der Waals surface area contributed by atoms with Gasteiger partial charge in [-0.3, -0.25) is 14.5 Å². The molecule has 1 fully saturated rings. The van der Waals surface area contributed by atoms with Gasteiger partial charge in [0.25, 0.3) is 5.91 Å². The van der Waals surface area contributed by atoms with Crippen LogP contribution >= 0.6 is 11.8 Å². The first-order valence-electron chi connectivity index (χ1n) is 8.75. The van der Waals surface area contributed by atoms with Gasteiger partial charge < -0.3 is 9.80 Å². The number of urea groups is 1. The molecule has 7 heteroatoms. The summed E-state index contributed by atoms with van der Waals surface area (Å²) in [7, 11) is 3.15. The number of amides is 4. The molecule has 1 aromatic carbocycles. The van der Waals surface area contributed by atoms with Crippen LogP contribution in [0.4, 0.5) is 10.5 Å². The molecule has 0 saturated carbocycles. The lowest BCUT2D eigenvalue weighted by Crippen LogP contribution is -2.56. The first-order valence-corrected chi connectivity index (χ1v) is 9.63. The van der Waals surface area contributed by atoms with Crippen LogP contribution in [0.5, 0.6) is 0 Å². The van der Waals surface area contributed by atoms with Crippen LogP contribution in [0.2, 0.25) is 0 Å². The van der Waals surface area contributed by atoms with E-state index >= 15 is 0 Å². The van der Waals surface area contributed by atoms with Gasteiger partial charge in [-0.15, -0.1) is 0 Å². The highest BCUT2D eigenvalue weighted by Gasteiger charge is 2.47. The fraction of sp³-hybridized carbons (Fsp3) is 0.421. The van der Waals surface area contributed by atoms with Gasteiger partial charge in [0.15, 0.2) is 0 Å². The Morgan fingerprint density at radius 3 is 2.54 bits per heavy atom. The van der Waals surface area contributed by atoms with E-state index in [2.05, 4.69) is 6.92 Å². The predicted octanol–water partition coefficient (Wildman–Crippen LogP) is 2.92. The minimum atomic E-state index is -0.476. The molecule has 138 valence electrons. The minimum absolute atomic E-state index is 0.111. The Morgan fingerprint density at radius 2 is 1.88 bits per heavy atom. The Kier molecular flexibility index (Phi) is 5.36. The zero-order valence-corrected chi connectivity index (χ0v) is 16.0. The largest absolute Gasteiger partial charge is 0.327 e. The van der Waals surface area contributed by atoms with Crippen LogP contribution in [-0.4, -0.2) is 53.7 Å². The van der Waals surface area contributed by atoms with Crippen LogP contribution in [0.25, 0.3) is 0 Å². The van der Waals surface area contributed by atoms with E-state index in [1.54, 1.807) is 18.0 Å². The molecule has 1 aromatic rings. The molecule has 0 bridgehead atoms. The van der Waals surface area contributed by atoms with Crippen molar-refractivity contribution in [2.45, 2.75) is 25.1 Å². The summed E-state index contributed by atoms with van der Waals surface area (Å²) in [5.74, 6) is -0.844. The molecule has 0 radical (unpaired) electrons. The second-order valence-electron chi connectivity index (χ2n) is 6.50. The van der Waals surface area contributed by atoms with Crippen LogP contribution in [-0.2, 0) is 9.59 Å². The van der Waals surface area contributed by atoms with E-state index < -0.39 is 5.92 Å². The first-order chi connectivity index (χ1) is 12.5. The van der Waals surface area contributed by atoms with Gasteiger partial charge in [0.05, 0.1) is 16.2 Å². The van der Waals surface area contributed by atoms with Crippen molar-refractivity contribution in [3.63, 3.8) is 0 Å². The number of nitrogens with zero attached hydrogens (tertiary/aromatic N) is 3. The lowest BCUT2D eigenvalue weighted by atomic mass is 10.0. The number of para-hydroxylation sites is 1. The summed E-state index contributed by atoms with van der Waals surface area (Å²) in [5.41, 5.74) is 0.843. The normalized spacial score (nSPS) is 22.3. The van der Waals surface area contributed by atoms with E-state index in [1.165, 1.54) is 23.7 Å². The Morgan fingerprint density at radius 1 is 1.19 bits per heavy atom. The number of carbonyl (C=O) groups is 3. The Bertz CT molecular complexity index is 750. The highest BCUT2D eigenvalue weighted by atomic mass is 32.2. The van der Waals surface area contributed by atoms with Gasteiger partial charge >= 0.3 is 6.03 Å². The van der Waals surface area contributed by atoms with E-state index in [0.717, 1.165) is 23.4 Å². The molecule has 0 N–H and O–H groups in total. The van der Waals surface area contributed by atoms with Gasteiger partial charge in [-0.2, -0.15) is 0 Å². The molecule has 6 nitrogen and oxygen atoms in total. The van der Waals surface area contributed by atoms with Gasteiger partial charge in [0.1, 0.15) is 0 Å². The van der Waals surface area contributed by atoms with Crippen molar-refractivity contribution >= 4 is 35.3 Å². The molecular formula is C19H23N3O3S. The van der Waals surface area contributed by atoms with Gasteiger partial charge in [0.2, 0.25) is 5.91 Å². The number of thioether (sulfide) groups is 1. The number of anilines is 1. The molecule has 4 amide bonds. The van der Waals surface area contributed by atoms with Gasteiger partial charge in [-0.05, 0) is 24.6 Å². The monoisotopic (exact) mass is 373 g/mol. The number of rotatable bonds is 5. The topological polar surface area (TPSA) is 60.9 Å². The van der Waals surface area contributed by atoms with Crippen molar-refractivity contribution in [1.82, 2.24) is 9.80 Å². The third-order valence-corrected chi connectivity index (χ3v) is 6.15. The average Bonchev–Trinajstić information content (AvgIpc) is 3.11. The highest BCUT2D eigenvalue weighted by molar-refractivity contribution is 8.04. The molecule has 3 rings (SSSR count). The number of benzene rings is 1. The van der Waals surface area contributed by atoms with E-state index in [9.17, 15) is 14.4 Å². The molecule has 0 aromatic heterocycles. The molecule has 2 atom stereocenters. The van der Waals surface area contributed by atoms with Gasteiger partial charge in [-0.25, -0.2) is 4.79 Å². The van der Waals surface area contributed by atoms with Crippen LogP contribution < -0.4 is 4.90 Å². The molecule has 1 saturated heterocycles. The van der Waals surface area contributed by atoms with E-state index in [4.69, 9.17) is 0 Å². The van der Waals surface area contributed by atoms with Crippen molar-refractivity contribution < 1.29 is 14.4 Å². The quantitative estimate of drug-likeness (QED) is 0.796. The van der Waals surface area contributed by atoms with Crippen molar-refractivity contribution in [2.24, 2.45) is 5.92 Å². The number of fused-ring (bicyclic) bond motifs is 1. The summed E-state index contributed by atoms with van der Waals surface area (Å²) < 4.78 is 0. The van der Waals surface area contributed by atoms with Gasteiger partial charge in [-0.1, -0.05) is 43.3 Å². The fourth-order valence-electron chi connectivity index (χ4n) is 3.19. The smallest absolute Gasteiger partial charge is 0.314 e. The number of imide groups is 1. The van der Waals surface area contributed by atoms with E-state index in [0.29, 0.717) is 11.4 Å². The van der Waals surface area contributed by atoms with E-state index in [1.807, 2.05) is 30.3 Å². The maximum absolute atomic E-state index is 13.2. The molecule has 0 spiro atoms. The SMILES string of the molecule is CCCCN(C(=O)C1=CC2C(=O)N(C)C(=O)N(C)C2S1)c1ccccc1. The molecular weight excluding hydrogens is 350 g/mol. The average molecular weight is 373 g/mol.